The summed E-state index contributed by atoms with van der Waals surface area (Å²) in [6, 6.07) is 5.93. The number of benzene rings is 1. The predicted octanol–water partition coefficient (Wildman–Crippen LogP) is 2.62. The van der Waals surface area contributed by atoms with Crippen LogP contribution in [-0.2, 0) is 11.2 Å². The van der Waals surface area contributed by atoms with Crippen LogP contribution < -0.4 is 10.6 Å². The number of carbonyl (C=O) groups is 1. The van der Waals surface area contributed by atoms with Crippen molar-refractivity contribution in [1.82, 2.24) is 5.32 Å². The molecule has 1 saturated carbocycles. The first kappa shape index (κ1) is 16.1. The molecule has 3 rings (SSSR count). The Morgan fingerprint density at radius 1 is 1.43 bits per heavy atom. The van der Waals surface area contributed by atoms with E-state index in [1.165, 1.54) is 24.1 Å². The number of ether oxygens (including phenoxy) is 1. The van der Waals surface area contributed by atoms with Gasteiger partial charge in [-0.15, -0.1) is 12.4 Å². The minimum absolute atomic E-state index is 0. The number of anilines is 1. The highest BCUT2D eigenvalue weighted by Gasteiger charge is 2.42. The smallest absolute Gasteiger partial charge is 0.251 e. The van der Waals surface area contributed by atoms with E-state index in [-0.39, 0.29) is 18.3 Å². The monoisotopic (exact) mass is 310 g/mol. The van der Waals surface area contributed by atoms with Crippen LogP contribution in [0.15, 0.2) is 18.2 Å². The van der Waals surface area contributed by atoms with E-state index in [0.29, 0.717) is 5.41 Å². The second-order valence-electron chi connectivity index (χ2n) is 5.97. The zero-order chi connectivity index (χ0) is 14.0. The molecule has 1 aromatic carbocycles. The van der Waals surface area contributed by atoms with Crippen LogP contribution in [0.3, 0.4) is 0 Å². The molecule has 1 aromatic rings. The van der Waals surface area contributed by atoms with Crippen LogP contribution in [-0.4, -0.2) is 32.7 Å². The fraction of sp³-hybridized carbons (Fsp3) is 0.562. The molecule has 1 amide bonds. The summed E-state index contributed by atoms with van der Waals surface area (Å²) in [5, 5.41) is 6.40. The van der Waals surface area contributed by atoms with E-state index in [1.54, 1.807) is 7.11 Å². The number of hydrogen-bond acceptors (Lipinski definition) is 3. The summed E-state index contributed by atoms with van der Waals surface area (Å²) >= 11 is 0. The van der Waals surface area contributed by atoms with E-state index < -0.39 is 0 Å². The average molecular weight is 311 g/mol. The van der Waals surface area contributed by atoms with Crippen molar-refractivity contribution in [3.05, 3.63) is 29.3 Å². The minimum Gasteiger partial charge on any atom is -0.385 e. The van der Waals surface area contributed by atoms with Gasteiger partial charge in [-0.05, 0) is 54.9 Å². The molecule has 0 saturated heterocycles. The van der Waals surface area contributed by atoms with Gasteiger partial charge < -0.3 is 15.4 Å². The van der Waals surface area contributed by atoms with E-state index >= 15 is 0 Å². The minimum atomic E-state index is 0. The molecule has 0 radical (unpaired) electrons. The number of fused-ring (bicyclic) bond motifs is 1. The molecule has 1 heterocycles. The standard InChI is InChI=1S/C16H22N2O2.ClH/c1-20-9-7-16(5-6-16)11-18-15(19)13-2-3-14-12(10-13)4-8-17-14;/h2-3,10,17H,4-9,11H2,1H3,(H,18,19);1H. The molecule has 2 aliphatic rings. The number of methoxy groups -OCH3 is 1. The van der Waals surface area contributed by atoms with Crippen molar-refractivity contribution in [3.63, 3.8) is 0 Å². The molecule has 1 aliphatic carbocycles. The van der Waals surface area contributed by atoms with Gasteiger partial charge in [-0.1, -0.05) is 0 Å². The third kappa shape index (κ3) is 3.69. The zero-order valence-electron chi connectivity index (χ0n) is 12.4. The summed E-state index contributed by atoms with van der Waals surface area (Å²) in [6.45, 7) is 2.52. The first-order valence-corrected chi connectivity index (χ1v) is 7.36. The molecule has 1 fully saturated rings. The van der Waals surface area contributed by atoms with E-state index in [9.17, 15) is 4.79 Å². The Bertz CT molecular complexity index is 515. The first-order chi connectivity index (χ1) is 9.72. The van der Waals surface area contributed by atoms with Crippen molar-refractivity contribution >= 4 is 24.0 Å². The lowest BCUT2D eigenvalue weighted by molar-refractivity contribution is 0.0938. The van der Waals surface area contributed by atoms with Gasteiger partial charge in [0.15, 0.2) is 0 Å². The normalized spacial score (nSPS) is 17.4. The van der Waals surface area contributed by atoms with Gasteiger partial charge in [0.2, 0.25) is 0 Å². The van der Waals surface area contributed by atoms with Gasteiger partial charge in [-0.25, -0.2) is 0 Å². The van der Waals surface area contributed by atoms with Gasteiger partial charge in [0.25, 0.3) is 5.91 Å². The molecule has 5 heteroatoms. The Kier molecular flexibility index (Phi) is 5.12. The molecule has 4 nitrogen and oxygen atoms in total. The third-order valence-corrected chi connectivity index (χ3v) is 4.49. The zero-order valence-corrected chi connectivity index (χ0v) is 13.2. The summed E-state index contributed by atoms with van der Waals surface area (Å²) in [6.07, 6.45) is 4.45. The largest absolute Gasteiger partial charge is 0.385 e. The number of hydrogen-bond donors (Lipinski definition) is 2. The highest BCUT2D eigenvalue weighted by molar-refractivity contribution is 5.95. The molecular formula is C16H23ClN2O2. The van der Waals surface area contributed by atoms with Crippen molar-refractivity contribution in [2.45, 2.75) is 25.7 Å². The van der Waals surface area contributed by atoms with Crippen molar-refractivity contribution in [2.24, 2.45) is 5.41 Å². The Hall–Kier alpha value is -1.26. The summed E-state index contributed by atoms with van der Waals surface area (Å²) in [7, 11) is 1.73. The number of rotatable bonds is 6. The van der Waals surface area contributed by atoms with Gasteiger partial charge in [-0.3, -0.25) is 4.79 Å². The van der Waals surface area contributed by atoms with E-state index in [1.807, 2.05) is 18.2 Å². The second-order valence-corrected chi connectivity index (χ2v) is 5.97. The number of amides is 1. The lowest BCUT2D eigenvalue weighted by Crippen LogP contribution is -2.30. The SMILES string of the molecule is COCCC1(CNC(=O)c2ccc3c(c2)CCN3)CC1.Cl. The molecule has 0 unspecified atom stereocenters. The molecule has 0 aromatic heterocycles. The van der Waals surface area contributed by atoms with Crippen molar-refractivity contribution < 1.29 is 9.53 Å². The lowest BCUT2D eigenvalue weighted by Gasteiger charge is -2.15. The third-order valence-electron chi connectivity index (χ3n) is 4.49. The highest BCUT2D eigenvalue weighted by atomic mass is 35.5. The Balaban J connectivity index is 0.00000161. The molecule has 0 atom stereocenters. The van der Waals surface area contributed by atoms with Gasteiger partial charge >= 0.3 is 0 Å². The Morgan fingerprint density at radius 3 is 2.95 bits per heavy atom. The Morgan fingerprint density at radius 2 is 2.24 bits per heavy atom. The number of halogens is 1. The number of nitrogens with one attached hydrogen (secondary N) is 2. The molecular weight excluding hydrogens is 288 g/mol. The van der Waals surface area contributed by atoms with Crippen LogP contribution in [0.5, 0.6) is 0 Å². The van der Waals surface area contributed by atoms with Crippen LogP contribution >= 0.6 is 12.4 Å². The van der Waals surface area contributed by atoms with Gasteiger partial charge in [-0.2, -0.15) is 0 Å². The molecule has 116 valence electrons. The maximum atomic E-state index is 12.2. The van der Waals surface area contributed by atoms with Crippen molar-refractivity contribution in [1.29, 1.82) is 0 Å². The van der Waals surface area contributed by atoms with Gasteiger partial charge in [0.1, 0.15) is 0 Å². The van der Waals surface area contributed by atoms with Crippen molar-refractivity contribution in [3.8, 4) is 0 Å². The predicted molar refractivity (Wildman–Crippen MR) is 86.4 cm³/mol. The van der Waals surface area contributed by atoms with Crippen LogP contribution in [0, 0.1) is 5.41 Å². The summed E-state index contributed by atoms with van der Waals surface area (Å²) < 4.78 is 5.14. The summed E-state index contributed by atoms with van der Waals surface area (Å²) in [5.41, 5.74) is 3.48. The quantitative estimate of drug-likeness (QED) is 0.849. The molecule has 0 bridgehead atoms. The van der Waals surface area contributed by atoms with Crippen LogP contribution in [0.25, 0.3) is 0 Å². The maximum absolute atomic E-state index is 12.2. The molecule has 0 spiro atoms. The van der Waals surface area contributed by atoms with Gasteiger partial charge in [0, 0.05) is 38.1 Å². The molecule has 2 N–H and O–H groups in total. The van der Waals surface area contributed by atoms with E-state index in [0.717, 1.165) is 38.1 Å². The first-order valence-electron chi connectivity index (χ1n) is 7.36. The van der Waals surface area contributed by atoms with Crippen LogP contribution in [0.1, 0.15) is 35.2 Å². The van der Waals surface area contributed by atoms with Gasteiger partial charge in [0.05, 0.1) is 0 Å². The highest BCUT2D eigenvalue weighted by Crippen LogP contribution is 2.48. The molecule has 21 heavy (non-hydrogen) atoms. The fourth-order valence-electron chi connectivity index (χ4n) is 2.83. The molecule has 1 aliphatic heterocycles. The lowest BCUT2D eigenvalue weighted by atomic mass is 10.0. The maximum Gasteiger partial charge on any atom is 0.251 e. The fourth-order valence-corrected chi connectivity index (χ4v) is 2.83. The second kappa shape index (κ2) is 6.67. The van der Waals surface area contributed by atoms with E-state index in [2.05, 4.69) is 10.6 Å². The average Bonchev–Trinajstić information content (AvgIpc) is 3.09. The summed E-state index contributed by atoms with van der Waals surface area (Å²) in [4.78, 5) is 12.2. The summed E-state index contributed by atoms with van der Waals surface area (Å²) in [5.74, 6) is 0.0448. The van der Waals surface area contributed by atoms with Crippen LogP contribution in [0.4, 0.5) is 5.69 Å². The topological polar surface area (TPSA) is 50.4 Å². The van der Waals surface area contributed by atoms with E-state index in [4.69, 9.17) is 4.74 Å². The Labute approximate surface area is 132 Å². The van der Waals surface area contributed by atoms with Crippen LogP contribution in [0.2, 0.25) is 0 Å². The number of carbonyl (C=O) groups excluding carboxylic acids is 1. The van der Waals surface area contributed by atoms with Crippen molar-refractivity contribution in [2.75, 3.05) is 32.1 Å².